The van der Waals surface area contributed by atoms with Crippen LogP contribution in [0.1, 0.15) is 16.2 Å². The topological polar surface area (TPSA) is 103 Å². The highest BCUT2D eigenvalue weighted by Crippen LogP contribution is 2.20. The second-order valence-electron chi connectivity index (χ2n) is 4.79. The van der Waals surface area contributed by atoms with Crippen molar-refractivity contribution in [3.63, 3.8) is 0 Å². The van der Waals surface area contributed by atoms with Crippen LogP contribution in [0.15, 0.2) is 53.1 Å². The van der Waals surface area contributed by atoms with Gasteiger partial charge >= 0.3 is 0 Å². The average Bonchev–Trinajstić information content (AvgIpc) is 3.17. The average molecular weight is 312 g/mol. The molecule has 1 amide bonds. The van der Waals surface area contributed by atoms with E-state index in [1.54, 1.807) is 37.3 Å². The number of hydrogen-bond acceptors (Lipinski definition) is 5. The van der Waals surface area contributed by atoms with Gasteiger partial charge < -0.3 is 9.73 Å². The molecule has 0 aliphatic carbocycles. The Hall–Kier alpha value is -3.42. The summed E-state index contributed by atoms with van der Waals surface area (Å²) in [6.07, 6.45) is 1.41. The molecule has 0 saturated heterocycles. The number of hydrogen-bond donors (Lipinski definition) is 1. The first-order chi connectivity index (χ1) is 11.0. The number of aryl methyl sites for hydroxylation is 1. The number of nitrogens with one attached hydrogen (secondary N) is 1. The van der Waals surface area contributed by atoms with E-state index in [1.807, 2.05) is 0 Å². The molecule has 2 aromatic heterocycles. The molecule has 0 aliphatic rings. The molecular weight excluding hydrogens is 300 g/mol. The molecule has 8 nitrogen and oxygen atoms in total. The van der Waals surface area contributed by atoms with Crippen LogP contribution in [-0.4, -0.2) is 20.6 Å². The molecule has 0 atom stereocenters. The zero-order valence-corrected chi connectivity index (χ0v) is 12.1. The largest absolute Gasteiger partial charge is 0.459 e. The summed E-state index contributed by atoms with van der Waals surface area (Å²) in [5, 5.41) is 17.7. The monoisotopic (exact) mass is 312 g/mol. The van der Waals surface area contributed by atoms with Gasteiger partial charge in [0.2, 0.25) is 0 Å². The third-order valence-electron chi connectivity index (χ3n) is 3.12. The summed E-state index contributed by atoms with van der Waals surface area (Å²) in [5.74, 6) is 0.218. The molecule has 0 aliphatic heterocycles. The predicted molar refractivity (Wildman–Crippen MR) is 81.6 cm³/mol. The fourth-order valence-corrected chi connectivity index (χ4v) is 2.09. The van der Waals surface area contributed by atoms with Gasteiger partial charge in [-0.05, 0) is 31.2 Å². The number of furan rings is 1. The summed E-state index contributed by atoms with van der Waals surface area (Å²) in [7, 11) is 0. The fraction of sp³-hybridized carbons (Fsp3) is 0.0667. The van der Waals surface area contributed by atoms with Gasteiger partial charge in [0.1, 0.15) is 5.82 Å². The predicted octanol–water partition coefficient (Wildman–Crippen LogP) is 2.93. The first-order valence-electron chi connectivity index (χ1n) is 6.71. The van der Waals surface area contributed by atoms with Crippen LogP contribution in [0.4, 0.5) is 11.5 Å². The molecule has 116 valence electrons. The Balaban J connectivity index is 1.91. The minimum absolute atomic E-state index is 0.0150. The number of rotatable bonds is 4. The molecule has 1 aromatic carbocycles. The number of nitro groups is 1. The van der Waals surface area contributed by atoms with E-state index in [0.717, 1.165) is 0 Å². The van der Waals surface area contributed by atoms with Crippen LogP contribution in [0.25, 0.3) is 5.69 Å². The number of amides is 1. The Morgan fingerprint density at radius 3 is 2.65 bits per heavy atom. The summed E-state index contributed by atoms with van der Waals surface area (Å²) in [4.78, 5) is 22.3. The lowest BCUT2D eigenvalue weighted by Crippen LogP contribution is -2.14. The Bertz CT molecular complexity index is 850. The highest BCUT2D eigenvalue weighted by molar-refractivity contribution is 6.01. The Morgan fingerprint density at radius 2 is 2.04 bits per heavy atom. The zero-order chi connectivity index (χ0) is 16.4. The van der Waals surface area contributed by atoms with Gasteiger partial charge in [-0.15, -0.1) is 0 Å². The lowest BCUT2D eigenvalue weighted by molar-refractivity contribution is -0.384. The van der Waals surface area contributed by atoms with Crippen LogP contribution in [0.3, 0.4) is 0 Å². The number of carbonyl (C=O) groups is 1. The number of benzene rings is 1. The van der Waals surface area contributed by atoms with E-state index in [4.69, 9.17) is 4.42 Å². The number of nitrogens with zero attached hydrogens (tertiary/aromatic N) is 3. The first-order valence-corrected chi connectivity index (χ1v) is 6.71. The normalized spacial score (nSPS) is 10.5. The second kappa shape index (κ2) is 5.76. The number of aromatic nitrogens is 2. The lowest BCUT2D eigenvalue weighted by Gasteiger charge is -2.07. The van der Waals surface area contributed by atoms with E-state index < -0.39 is 10.8 Å². The maximum atomic E-state index is 12.1. The SMILES string of the molecule is Cc1cc(NC(=O)c2ccco2)n(-c2ccc([N+](=O)[O-])cc2)n1. The van der Waals surface area contributed by atoms with Crippen molar-refractivity contribution in [1.82, 2.24) is 9.78 Å². The summed E-state index contributed by atoms with van der Waals surface area (Å²) < 4.78 is 6.55. The summed E-state index contributed by atoms with van der Waals surface area (Å²) in [6.45, 7) is 1.78. The van der Waals surface area contributed by atoms with Gasteiger partial charge in [-0.1, -0.05) is 0 Å². The van der Waals surface area contributed by atoms with Crippen molar-refractivity contribution in [2.75, 3.05) is 5.32 Å². The van der Waals surface area contributed by atoms with Gasteiger partial charge in [-0.2, -0.15) is 5.10 Å². The minimum Gasteiger partial charge on any atom is -0.459 e. The Morgan fingerprint density at radius 1 is 1.30 bits per heavy atom. The Kier molecular flexibility index (Phi) is 3.63. The van der Waals surface area contributed by atoms with E-state index >= 15 is 0 Å². The van der Waals surface area contributed by atoms with Crippen LogP contribution >= 0.6 is 0 Å². The molecule has 8 heteroatoms. The molecule has 3 aromatic rings. The first kappa shape index (κ1) is 14.5. The molecule has 2 heterocycles. The van der Waals surface area contributed by atoms with Gasteiger partial charge in [0.15, 0.2) is 5.76 Å². The third-order valence-corrected chi connectivity index (χ3v) is 3.12. The molecule has 23 heavy (non-hydrogen) atoms. The maximum absolute atomic E-state index is 12.1. The van der Waals surface area contributed by atoms with Crippen molar-refractivity contribution in [3.05, 3.63) is 70.3 Å². The highest BCUT2D eigenvalue weighted by Gasteiger charge is 2.15. The van der Waals surface area contributed by atoms with Gasteiger partial charge in [-0.3, -0.25) is 14.9 Å². The number of anilines is 1. The summed E-state index contributed by atoms with van der Waals surface area (Å²) >= 11 is 0. The van der Waals surface area contributed by atoms with Crippen LogP contribution in [0.5, 0.6) is 0 Å². The molecule has 0 fully saturated rings. The molecule has 0 saturated carbocycles. The summed E-state index contributed by atoms with van der Waals surface area (Å²) in [6, 6.07) is 10.8. The van der Waals surface area contributed by atoms with Gasteiger partial charge in [0.05, 0.1) is 22.6 Å². The quantitative estimate of drug-likeness (QED) is 0.589. The molecule has 0 unspecified atom stereocenters. The van der Waals surface area contributed by atoms with Gasteiger partial charge in [-0.25, -0.2) is 4.68 Å². The molecule has 3 rings (SSSR count). The highest BCUT2D eigenvalue weighted by atomic mass is 16.6. The van der Waals surface area contributed by atoms with Crippen LogP contribution in [0.2, 0.25) is 0 Å². The summed E-state index contributed by atoms with van der Waals surface area (Å²) in [5.41, 5.74) is 1.27. The van der Waals surface area contributed by atoms with E-state index in [0.29, 0.717) is 17.2 Å². The van der Waals surface area contributed by atoms with Crippen molar-refractivity contribution >= 4 is 17.4 Å². The van der Waals surface area contributed by atoms with Crippen molar-refractivity contribution in [2.24, 2.45) is 0 Å². The molecule has 0 bridgehead atoms. The molecular formula is C15H12N4O4. The van der Waals surface area contributed by atoms with Crippen molar-refractivity contribution in [3.8, 4) is 5.69 Å². The van der Waals surface area contributed by atoms with E-state index in [9.17, 15) is 14.9 Å². The minimum atomic E-state index is -0.474. The number of non-ortho nitro benzene ring substituents is 1. The maximum Gasteiger partial charge on any atom is 0.292 e. The molecule has 1 N–H and O–H groups in total. The van der Waals surface area contributed by atoms with Gasteiger partial charge in [0.25, 0.3) is 11.6 Å². The molecule has 0 radical (unpaired) electrons. The molecule has 0 spiro atoms. The van der Waals surface area contributed by atoms with E-state index in [-0.39, 0.29) is 11.4 Å². The second-order valence-corrected chi connectivity index (χ2v) is 4.79. The van der Waals surface area contributed by atoms with E-state index in [2.05, 4.69) is 10.4 Å². The smallest absolute Gasteiger partial charge is 0.292 e. The van der Waals surface area contributed by atoms with Crippen molar-refractivity contribution in [2.45, 2.75) is 6.92 Å². The van der Waals surface area contributed by atoms with Crippen LogP contribution in [0, 0.1) is 17.0 Å². The lowest BCUT2D eigenvalue weighted by atomic mass is 10.3. The standard InChI is InChI=1S/C15H12N4O4/c1-10-9-14(16-15(20)13-3-2-8-23-13)18(17-10)11-4-6-12(7-5-11)19(21)22/h2-9H,1H3,(H,16,20). The van der Waals surface area contributed by atoms with Crippen LogP contribution < -0.4 is 5.32 Å². The van der Waals surface area contributed by atoms with Crippen molar-refractivity contribution in [1.29, 1.82) is 0 Å². The number of nitro benzene ring substituents is 1. The van der Waals surface area contributed by atoms with Crippen LogP contribution in [-0.2, 0) is 0 Å². The third kappa shape index (κ3) is 2.95. The van der Waals surface area contributed by atoms with Crippen molar-refractivity contribution < 1.29 is 14.1 Å². The fourth-order valence-electron chi connectivity index (χ4n) is 2.09. The zero-order valence-electron chi connectivity index (χ0n) is 12.1. The van der Waals surface area contributed by atoms with E-state index in [1.165, 1.54) is 23.1 Å². The Labute approximate surface area is 130 Å². The number of carbonyl (C=O) groups excluding carboxylic acids is 1. The van der Waals surface area contributed by atoms with Gasteiger partial charge in [0, 0.05) is 18.2 Å².